The minimum atomic E-state index is -4.18. The molecule has 2 amide bonds. The van der Waals surface area contributed by atoms with Gasteiger partial charge in [-0.2, -0.15) is 0 Å². The van der Waals surface area contributed by atoms with Gasteiger partial charge in [0.05, 0.1) is 27.2 Å². The van der Waals surface area contributed by atoms with Crippen LogP contribution in [0.4, 0.5) is 5.69 Å². The third-order valence-corrected chi connectivity index (χ3v) is 8.92. The number of nitrogens with one attached hydrogen (secondary N) is 1. The Kier molecular flexibility index (Phi) is 10.7. The summed E-state index contributed by atoms with van der Waals surface area (Å²) in [7, 11) is -2.71. The summed E-state index contributed by atoms with van der Waals surface area (Å²) >= 11 is 15.5. The molecule has 0 aromatic heterocycles. The highest BCUT2D eigenvalue weighted by atomic mass is 79.9. The first-order chi connectivity index (χ1) is 18.5. The van der Waals surface area contributed by atoms with Crippen LogP contribution in [0, 0.1) is 0 Å². The summed E-state index contributed by atoms with van der Waals surface area (Å²) < 4.78 is 34.8. The predicted octanol–water partition coefficient (Wildman–Crippen LogP) is 5.51. The van der Waals surface area contributed by atoms with Gasteiger partial charge in [-0.1, -0.05) is 45.2 Å². The molecule has 3 aromatic carbocycles. The number of halogens is 3. The van der Waals surface area contributed by atoms with Crippen molar-refractivity contribution in [1.29, 1.82) is 0 Å². The van der Waals surface area contributed by atoms with Crippen LogP contribution >= 0.6 is 39.1 Å². The third-order valence-electron chi connectivity index (χ3n) is 5.87. The molecule has 8 nitrogen and oxygen atoms in total. The van der Waals surface area contributed by atoms with Gasteiger partial charge >= 0.3 is 0 Å². The molecule has 39 heavy (non-hydrogen) atoms. The summed E-state index contributed by atoms with van der Waals surface area (Å²) in [5.74, 6) is -0.443. The van der Waals surface area contributed by atoms with Crippen LogP contribution in [0.25, 0.3) is 0 Å². The molecule has 0 aliphatic heterocycles. The summed E-state index contributed by atoms with van der Waals surface area (Å²) in [4.78, 5) is 27.7. The van der Waals surface area contributed by atoms with Crippen LogP contribution in [0.2, 0.25) is 10.0 Å². The molecule has 0 bridgehead atoms. The van der Waals surface area contributed by atoms with E-state index in [0.717, 1.165) is 4.31 Å². The van der Waals surface area contributed by atoms with Gasteiger partial charge in [-0.3, -0.25) is 13.9 Å². The third kappa shape index (κ3) is 7.66. The molecule has 208 valence electrons. The SMILES string of the molecule is CCOc1ccc(N(CC(=O)N(Cc2ccc(Cl)c(Cl)c2)C(C)C(=O)NC)S(=O)(=O)c2ccc(Br)cc2)cc1. The lowest BCUT2D eigenvalue weighted by molar-refractivity contribution is -0.139. The average molecular weight is 657 g/mol. The summed E-state index contributed by atoms with van der Waals surface area (Å²) in [5.41, 5.74) is 0.883. The van der Waals surface area contributed by atoms with Gasteiger partial charge in [0.2, 0.25) is 11.8 Å². The van der Waals surface area contributed by atoms with Crippen LogP contribution < -0.4 is 14.4 Å². The second-order valence-corrected chi connectivity index (χ2v) is 12.0. The molecule has 1 N–H and O–H groups in total. The van der Waals surface area contributed by atoms with Gasteiger partial charge < -0.3 is 15.0 Å². The second kappa shape index (κ2) is 13.5. The van der Waals surface area contributed by atoms with Crippen molar-refractivity contribution in [2.24, 2.45) is 0 Å². The summed E-state index contributed by atoms with van der Waals surface area (Å²) in [6.45, 7) is 3.29. The molecule has 1 unspecified atom stereocenters. The second-order valence-electron chi connectivity index (χ2n) is 8.45. The Hall–Kier alpha value is -2.79. The van der Waals surface area contributed by atoms with E-state index in [-0.39, 0.29) is 17.1 Å². The molecule has 0 aliphatic carbocycles. The highest BCUT2D eigenvalue weighted by molar-refractivity contribution is 9.10. The van der Waals surface area contributed by atoms with Gasteiger partial charge in [-0.25, -0.2) is 8.42 Å². The monoisotopic (exact) mass is 655 g/mol. The molecule has 0 saturated heterocycles. The molecule has 0 heterocycles. The largest absolute Gasteiger partial charge is 0.494 e. The molecule has 0 saturated carbocycles. The van der Waals surface area contributed by atoms with Crippen molar-refractivity contribution < 1.29 is 22.7 Å². The lowest BCUT2D eigenvalue weighted by Gasteiger charge is -2.32. The number of ether oxygens (including phenoxy) is 1. The lowest BCUT2D eigenvalue weighted by atomic mass is 10.1. The number of hydrogen-bond acceptors (Lipinski definition) is 5. The Morgan fingerprint density at radius 2 is 1.64 bits per heavy atom. The molecule has 0 aliphatic rings. The van der Waals surface area contributed by atoms with Gasteiger partial charge in [0.25, 0.3) is 10.0 Å². The van der Waals surface area contributed by atoms with Crippen molar-refractivity contribution in [2.75, 3.05) is 24.5 Å². The quantitative estimate of drug-likeness (QED) is 0.294. The first-order valence-electron chi connectivity index (χ1n) is 11.9. The van der Waals surface area contributed by atoms with E-state index in [9.17, 15) is 18.0 Å². The normalized spacial score (nSPS) is 11.9. The first kappa shape index (κ1) is 30.7. The van der Waals surface area contributed by atoms with Crippen LogP contribution in [0.3, 0.4) is 0 Å². The summed E-state index contributed by atoms with van der Waals surface area (Å²) in [6.07, 6.45) is 0. The maximum absolute atomic E-state index is 13.8. The number of sulfonamides is 1. The Morgan fingerprint density at radius 3 is 2.21 bits per heavy atom. The van der Waals surface area contributed by atoms with Crippen LogP contribution in [0.5, 0.6) is 5.75 Å². The van der Waals surface area contributed by atoms with E-state index >= 15 is 0 Å². The minimum absolute atomic E-state index is 0.000240. The van der Waals surface area contributed by atoms with Crippen LogP contribution in [-0.2, 0) is 26.2 Å². The minimum Gasteiger partial charge on any atom is -0.494 e. The Morgan fingerprint density at radius 1 is 1.00 bits per heavy atom. The van der Waals surface area contributed by atoms with E-state index in [0.29, 0.717) is 32.4 Å². The fraction of sp³-hybridized carbons (Fsp3) is 0.259. The Bertz CT molecular complexity index is 1420. The van der Waals surface area contributed by atoms with Gasteiger partial charge in [0.15, 0.2) is 0 Å². The van der Waals surface area contributed by atoms with E-state index in [1.54, 1.807) is 61.5 Å². The number of nitrogens with zero attached hydrogens (tertiary/aromatic N) is 2. The maximum Gasteiger partial charge on any atom is 0.264 e. The Labute approximate surface area is 247 Å². The average Bonchev–Trinajstić information content (AvgIpc) is 2.92. The molecule has 12 heteroatoms. The zero-order chi connectivity index (χ0) is 28.7. The van der Waals surface area contributed by atoms with E-state index < -0.39 is 34.4 Å². The van der Waals surface area contributed by atoms with Crippen molar-refractivity contribution in [3.8, 4) is 5.75 Å². The highest BCUT2D eigenvalue weighted by Crippen LogP contribution is 2.28. The molecule has 0 spiro atoms. The molecule has 3 rings (SSSR count). The zero-order valence-corrected chi connectivity index (χ0v) is 25.4. The van der Waals surface area contributed by atoms with Gasteiger partial charge in [0, 0.05) is 18.1 Å². The predicted molar refractivity (Wildman–Crippen MR) is 157 cm³/mol. The molecule has 0 fully saturated rings. The number of benzene rings is 3. The standard InChI is InChI=1S/C27H28BrCl2N3O5S/c1-4-38-22-10-8-21(9-11-22)33(39(36,37)23-12-6-20(28)7-13-23)17-26(34)32(18(2)27(35)31-3)16-19-5-14-24(29)25(30)15-19/h5-15,18H,4,16-17H2,1-3H3,(H,31,35). The van der Waals surface area contributed by atoms with E-state index in [1.807, 2.05) is 6.92 Å². The molecule has 0 radical (unpaired) electrons. The van der Waals surface area contributed by atoms with Crippen LogP contribution in [0.1, 0.15) is 19.4 Å². The van der Waals surface area contributed by atoms with E-state index in [4.69, 9.17) is 27.9 Å². The molecular formula is C27H28BrCl2N3O5S. The van der Waals surface area contributed by atoms with Crippen LogP contribution in [0.15, 0.2) is 76.1 Å². The van der Waals surface area contributed by atoms with Crippen molar-refractivity contribution in [2.45, 2.75) is 31.3 Å². The van der Waals surface area contributed by atoms with Crippen LogP contribution in [-0.4, -0.2) is 51.4 Å². The molecule has 1 atom stereocenters. The number of likely N-dealkylation sites (N-methyl/N-ethyl adjacent to an activating group) is 1. The molecule has 3 aromatic rings. The fourth-order valence-electron chi connectivity index (χ4n) is 3.76. The number of carbonyl (C=O) groups is 2. The number of hydrogen-bond donors (Lipinski definition) is 1. The highest BCUT2D eigenvalue weighted by Gasteiger charge is 2.32. The zero-order valence-electron chi connectivity index (χ0n) is 21.5. The van der Waals surface area contributed by atoms with Crippen molar-refractivity contribution in [1.82, 2.24) is 10.2 Å². The number of anilines is 1. The number of rotatable bonds is 11. The summed E-state index contributed by atoms with van der Waals surface area (Å²) in [5, 5.41) is 3.18. The smallest absolute Gasteiger partial charge is 0.264 e. The Balaban J connectivity index is 2.04. The number of amides is 2. The maximum atomic E-state index is 13.8. The van der Waals surface area contributed by atoms with Crippen molar-refractivity contribution in [3.05, 3.63) is 86.8 Å². The van der Waals surface area contributed by atoms with Gasteiger partial charge in [-0.15, -0.1) is 0 Å². The lowest BCUT2D eigenvalue weighted by Crippen LogP contribution is -2.50. The first-order valence-corrected chi connectivity index (χ1v) is 14.9. The molecular weight excluding hydrogens is 629 g/mol. The fourth-order valence-corrected chi connectivity index (χ4v) is 5.76. The van der Waals surface area contributed by atoms with E-state index in [2.05, 4.69) is 21.2 Å². The van der Waals surface area contributed by atoms with Gasteiger partial charge in [0.1, 0.15) is 18.3 Å². The van der Waals surface area contributed by atoms with E-state index in [1.165, 1.54) is 24.1 Å². The number of carbonyl (C=O) groups excluding carboxylic acids is 2. The summed E-state index contributed by atoms with van der Waals surface area (Å²) in [6, 6.07) is 16.5. The van der Waals surface area contributed by atoms with Crippen molar-refractivity contribution in [3.63, 3.8) is 0 Å². The van der Waals surface area contributed by atoms with Crippen molar-refractivity contribution >= 4 is 66.7 Å². The topological polar surface area (TPSA) is 96.0 Å². The van der Waals surface area contributed by atoms with Gasteiger partial charge in [-0.05, 0) is 80.1 Å².